The lowest BCUT2D eigenvalue weighted by Gasteiger charge is -2.25. The van der Waals surface area contributed by atoms with Gasteiger partial charge in [0.1, 0.15) is 0 Å². The molecular weight excluding hydrogens is 398 g/mol. The molecule has 0 spiro atoms. The molecule has 1 aliphatic heterocycles. The Labute approximate surface area is 157 Å². The Kier molecular flexibility index (Phi) is 5.57. The Bertz CT molecular complexity index is 898. The summed E-state index contributed by atoms with van der Waals surface area (Å²) in [6.07, 6.45) is 6.85. The van der Waals surface area contributed by atoms with E-state index in [9.17, 15) is 8.42 Å². The second-order valence-corrected chi connectivity index (χ2v) is 8.96. The fraction of sp³-hybridized carbons (Fsp3) is 0.200. The molecule has 1 aliphatic rings. The van der Waals surface area contributed by atoms with Crippen molar-refractivity contribution in [3.05, 3.63) is 81.9 Å². The number of sulfonamides is 1. The number of aryl methyl sites for hydroxylation is 1. The topological polar surface area (TPSA) is 37.4 Å². The van der Waals surface area contributed by atoms with Gasteiger partial charge in [-0.25, -0.2) is 8.42 Å². The highest BCUT2D eigenvalue weighted by Gasteiger charge is 2.26. The van der Waals surface area contributed by atoms with E-state index in [1.807, 2.05) is 55.5 Å². The monoisotopic (exact) mass is 417 g/mol. The van der Waals surface area contributed by atoms with Crippen molar-refractivity contribution < 1.29 is 8.42 Å². The number of hydrogen-bond donors (Lipinski definition) is 0. The summed E-state index contributed by atoms with van der Waals surface area (Å²) in [5, 5.41) is 0. The van der Waals surface area contributed by atoms with Gasteiger partial charge in [0.25, 0.3) is 0 Å². The van der Waals surface area contributed by atoms with Gasteiger partial charge in [-0.15, -0.1) is 0 Å². The number of hydrogen-bond acceptors (Lipinski definition) is 2. The summed E-state index contributed by atoms with van der Waals surface area (Å²) in [4.78, 5) is 0.358. The van der Waals surface area contributed by atoms with Crippen molar-refractivity contribution >= 4 is 32.0 Å². The van der Waals surface area contributed by atoms with Crippen molar-refractivity contribution in [2.75, 3.05) is 13.1 Å². The molecule has 2 aromatic rings. The molecule has 0 saturated carbocycles. The van der Waals surface area contributed by atoms with E-state index in [0.717, 1.165) is 27.6 Å². The first-order valence-corrected chi connectivity index (χ1v) is 10.4. The van der Waals surface area contributed by atoms with Crippen LogP contribution in [-0.4, -0.2) is 25.8 Å². The molecule has 0 radical (unpaired) electrons. The van der Waals surface area contributed by atoms with Gasteiger partial charge in [-0.1, -0.05) is 64.0 Å². The zero-order valence-electron chi connectivity index (χ0n) is 14.0. The predicted octanol–water partition coefficient (Wildman–Crippen LogP) is 4.79. The quantitative estimate of drug-likeness (QED) is 0.716. The van der Waals surface area contributed by atoms with E-state index in [-0.39, 0.29) is 0 Å². The van der Waals surface area contributed by atoms with E-state index in [0.29, 0.717) is 18.0 Å². The van der Waals surface area contributed by atoms with E-state index >= 15 is 0 Å². The summed E-state index contributed by atoms with van der Waals surface area (Å²) in [7, 11) is -3.45. The molecule has 0 N–H and O–H groups in total. The first kappa shape index (κ1) is 18.1. The van der Waals surface area contributed by atoms with Crippen LogP contribution in [-0.2, 0) is 10.0 Å². The second-order valence-electron chi connectivity index (χ2n) is 6.10. The molecule has 0 bridgehead atoms. The van der Waals surface area contributed by atoms with Gasteiger partial charge in [-0.3, -0.25) is 0 Å². The zero-order chi connectivity index (χ0) is 17.9. The van der Waals surface area contributed by atoms with E-state index in [4.69, 9.17) is 0 Å². The summed E-state index contributed by atoms with van der Waals surface area (Å²) in [5.41, 5.74) is 3.16. The molecule has 0 atom stereocenters. The molecule has 2 aromatic carbocycles. The maximum Gasteiger partial charge on any atom is 0.243 e. The predicted molar refractivity (Wildman–Crippen MR) is 106 cm³/mol. The van der Waals surface area contributed by atoms with Crippen molar-refractivity contribution in [2.24, 2.45) is 0 Å². The molecule has 0 amide bonds. The fourth-order valence-corrected chi connectivity index (χ4v) is 4.41. The van der Waals surface area contributed by atoms with Gasteiger partial charge in [0.2, 0.25) is 10.0 Å². The Morgan fingerprint density at radius 2 is 1.68 bits per heavy atom. The minimum atomic E-state index is -3.45. The molecule has 0 aliphatic carbocycles. The SMILES string of the molecule is Cc1ccc(S(=O)(=O)N2CCC=C(/C=C/c3ccc(Br)cc3)C2)cc1. The Morgan fingerprint density at radius 1 is 1.00 bits per heavy atom. The van der Waals surface area contributed by atoms with E-state index in [1.54, 1.807) is 16.4 Å². The summed E-state index contributed by atoms with van der Waals surface area (Å²) in [6.45, 7) is 2.88. The first-order valence-electron chi connectivity index (χ1n) is 8.15. The third kappa shape index (κ3) is 4.48. The number of benzene rings is 2. The van der Waals surface area contributed by atoms with Crippen molar-refractivity contribution in [1.82, 2.24) is 4.31 Å². The van der Waals surface area contributed by atoms with Crippen LogP contribution in [0.2, 0.25) is 0 Å². The van der Waals surface area contributed by atoms with Crippen LogP contribution in [0.4, 0.5) is 0 Å². The molecule has 5 heteroatoms. The lowest BCUT2D eigenvalue weighted by atomic mass is 10.1. The van der Waals surface area contributed by atoms with E-state index in [1.165, 1.54) is 0 Å². The Balaban J connectivity index is 1.75. The van der Waals surface area contributed by atoms with Gasteiger partial charge in [0, 0.05) is 17.6 Å². The highest BCUT2D eigenvalue weighted by atomic mass is 79.9. The van der Waals surface area contributed by atoms with Crippen molar-refractivity contribution in [3.63, 3.8) is 0 Å². The Hall–Kier alpha value is -1.69. The number of rotatable bonds is 4. The first-order chi connectivity index (χ1) is 11.9. The third-order valence-corrected chi connectivity index (χ3v) is 6.55. The van der Waals surface area contributed by atoms with Crippen LogP contribution in [0.15, 0.2) is 75.6 Å². The molecule has 0 saturated heterocycles. The second kappa shape index (κ2) is 7.68. The van der Waals surface area contributed by atoms with E-state index < -0.39 is 10.0 Å². The van der Waals surface area contributed by atoms with Crippen LogP contribution >= 0.6 is 15.9 Å². The summed E-state index contributed by atoms with van der Waals surface area (Å²) >= 11 is 3.42. The highest BCUT2D eigenvalue weighted by molar-refractivity contribution is 9.10. The molecule has 130 valence electrons. The van der Waals surface area contributed by atoms with Crippen LogP contribution in [0.3, 0.4) is 0 Å². The van der Waals surface area contributed by atoms with Gasteiger partial charge in [-0.05, 0) is 48.7 Å². The molecule has 0 fully saturated rings. The smallest absolute Gasteiger partial charge is 0.207 e. The summed E-state index contributed by atoms with van der Waals surface area (Å²) < 4.78 is 28.2. The minimum Gasteiger partial charge on any atom is -0.207 e. The van der Waals surface area contributed by atoms with Crippen LogP contribution in [0, 0.1) is 6.92 Å². The third-order valence-electron chi connectivity index (χ3n) is 4.16. The van der Waals surface area contributed by atoms with Gasteiger partial charge in [0.05, 0.1) is 4.90 Å². The highest BCUT2D eigenvalue weighted by Crippen LogP contribution is 2.22. The average Bonchev–Trinajstić information content (AvgIpc) is 2.62. The number of halogens is 1. The Morgan fingerprint density at radius 3 is 2.36 bits per heavy atom. The zero-order valence-corrected chi connectivity index (χ0v) is 16.4. The largest absolute Gasteiger partial charge is 0.243 e. The van der Waals surface area contributed by atoms with Gasteiger partial charge in [0.15, 0.2) is 0 Å². The molecule has 3 nitrogen and oxygen atoms in total. The van der Waals surface area contributed by atoms with Crippen LogP contribution in [0.5, 0.6) is 0 Å². The van der Waals surface area contributed by atoms with Crippen molar-refractivity contribution in [2.45, 2.75) is 18.2 Å². The normalized spacial score (nSPS) is 16.2. The maximum absolute atomic E-state index is 12.8. The lowest BCUT2D eigenvalue weighted by molar-refractivity contribution is 0.431. The van der Waals surface area contributed by atoms with E-state index in [2.05, 4.69) is 22.0 Å². The van der Waals surface area contributed by atoms with Gasteiger partial charge < -0.3 is 0 Å². The minimum absolute atomic E-state index is 0.358. The molecular formula is C20H20BrNO2S. The summed E-state index contributed by atoms with van der Waals surface area (Å²) in [6, 6.07) is 15.0. The van der Waals surface area contributed by atoms with Crippen LogP contribution in [0.1, 0.15) is 17.5 Å². The van der Waals surface area contributed by atoms with Gasteiger partial charge >= 0.3 is 0 Å². The standard InChI is InChI=1S/C20H20BrNO2S/c1-16-4-12-20(13-5-16)25(23,24)22-14-2-3-18(15-22)7-6-17-8-10-19(21)11-9-17/h3-13H,2,14-15H2,1H3/b7-6+. The molecule has 1 heterocycles. The van der Waals surface area contributed by atoms with Crippen LogP contribution < -0.4 is 0 Å². The molecule has 25 heavy (non-hydrogen) atoms. The fourth-order valence-electron chi connectivity index (χ4n) is 2.70. The lowest BCUT2D eigenvalue weighted by Crippen LogP contribution is -2.35. The van der Waals surface area contributed by atoms with Gasteiger partial charge in [-0.2, -0.15) is 4.31 Å². The maximum atomic E-state index is 12.8. The average molecular weight is 418 g/mol. The molecule has 0 aromatic heterocycles. The van der Waals surface area contributed by atoms with Crippen molar-refractivity contribution in [3.8, 4) is 0 Å². The van der Waals surface area contributed by atoms with Crippen molar-refractivity contribution in [1.29, 1.82) is 0 Å². The van der Waals surface area contributed by atoms with Crippen LogP contribution in [0.25, 0.3) is 6.08 Å². The molecule has 0 unspecified atom stereocenters. The molecule has 3 rings (SSSR count). The number of nitrogens with zero attached hydrogens (tertiary/aromatic N) is 1. The summed E-state index contributed by atoms with van der Waals surface area (Å²) in [5.74, 6) is 0.